The molecule has 0 aromatic carbocycles. The largest absolute Gasteiger partial charge is 0.481 e. The first-order valence-electron chi connectivity index (χ1n) is 19.4. The normalized spacial score (nSPS) is 13.1. The van der Waals surface area contributed by atoms with Crippen LogP contribution in [0.25, 0.3) is 0 Å². The highest BCUT2D eigenvalue weighted by atomic mass is 16.5. The highest BCUT2D eigenvalue weighted by molar-refractivity contribution is 5.69. The van der Waals surface area contributed by atoms with E-state index in [4.69, 9.17) is 9.84 Å². The number of ether oxygens (including phenoxy) is 1. The van der Waals surface area contributed by atoms with Crippen molar-refractivity contribution in [1.82, 2.24) is 0 Å². The second kappa shape index (κ2) is 37.8. The van der Waals surface area contributed by atoms with Crippen molar-refractivity contribution in [2.45, 2.75) is 187 Å². The molecule has 0 radical (unpaired) electrons. The molecule has 0 aromatic heterocycles. The van der Waals surface area contributed by atoms with E-state index in [0.29, 0.717) is 6.42 Å². The van der Waals surface area contributed by atoms with E-state index < -0.39 is 5.97 Å². The molecule has 0 aliphatic heterocycles. The maximum absolute atomic E-state index is 12.6. The van der Waals surface area contributed by atoms with Gasteiger partial charge in [-0.05, 0) is 96.3 Å². The molecule has 0 saturated carbocycles. The highest BCUT2D eigenvalue weighted by Crippen LogP contribution is 2.17. The quantitative estimate of drug-likeness (QED) is 0.0427. The Kier molecular flexibility index (Phi) is 35.7. The molecule has 0 saturated heterocycles. The van der Waals surface area contributed by atoms with E-state index in [2.05, 4.69) is 86.8 Å². The van der Waals surface area contributed by atoms with Gasteiger partial charge in [-0.2, -0.15) is 0 Å². The Hall–Kier alpha value is -2.62. The highest BCUT2D eigenvalue weighted by Gasteiger charge is 2.13. The lowest BCUT2D eigenvalue weighted by molar-refractivity contribution is -0.150. The van der Waals surface area contributed by atoms with Gasteiger partial charge in [-0.15, -0.1) is 0 Å². The first kappa shape index (κ1) is 44.4. The molecule has 0 fully saturated rings. The van der Waals surface area contributed by atoms with Gasteiger partial charge in [-0.25, -0.2) is 0 Å². The molecule has 4 heteroatoms. The molecule has 0 rings (SSSR count). The smallest absolute Gasteiger partial charge is 0.306 e. The van der Waals surface area contributed by atoms with E-state index in [-0.39, 0.29) is 18.5 Å². The summed E-state index contributed by atoms with van der Waals surface area (Å²) >= 11 is 0. The Morgan fingerprint density at radius 3 is 1.49 bits per heavy atom. The van der Waals surface area contributed by atoms with Crippen LogP contribution in [-0.2, 0) is 14.3 Å². The number of hydrogen-bond donors (Lipinski definition) is 1. The number of aliphatic carboxylic acids is 1. The van der Waals surface area contributed by atoms with Crippen LogP contribution in [0.1, 0.15) is 181 Å². The summed E-state index contributed by atoms with van der Waals surface area (Å²) in [5.41, 5.74) is 0. The Morgan fingerprint density at radius 2 is 0.936 bits per heavy atom. The van der Waals surface area contributed by atoms with Gasteiger partial charge in [0.2, 0.25) is 0 Å². The molecule has 47 heavy (non-hydrogen) atoms. The lowest BCUT2D eigenvalue weighted by Crippen LogP contribution is -2.18. The van der Waals surface area contributed by atoms with Gasteiger partial charge >= 0.3 is 11.9 Å². The second-order valence-electron chi connectivity index (χ2n) is 12.7. The number of allylic oxidation sites excluding steroid dienone is 12. The number of carbonyl (C=O) groups excluding carboxylic acids is 1. The van der Waals surface area contributed by atoms with Crippen molar-refractivity contribution in [2.75, 3.05) is 0 Å². The Labute approximate surface area is 290 Å². The zero-order valence-electron chi connectivity index (χ0n) is 30.6. The van der Waals surface area contributed by atoms with Crippen LogP contribution in [0, 0.1) is 0 Å². The monoisotopic (exact) mass is 653 g/mol. The zero-order chi connectivity index (χ0) is 34.3. The molecule has 0 aromatic rings. The van der Waals surface area contributed by atoms with Gasteiger partial charge in [-0.3, -0.25) is 9.59 Å². The van der Waals surface area contributed by atoms with Crippen LogP contribution in [-0.4, -0.2) is 23.1 Å². The van der Waals surface area contributed by atoms with Gasteiger partial charge in [0.1, 0.15) is 6.10 Å². The summed E-state index contributed by atoms with van der Waals surface area (Å²) in [6.45, 7) is 4.41. The van der Waals surface area contributed by atoms with Gasteiger partial charge < -0.3 is 9.84 Å². The minimum atomic E-state index is -0.716. The fourth-order valence-corrected chi connectivity index (χ4v) is 5.32. The molecular weight excluding hydrogens is 580 g/mol. The molecule has 0 aliphatic carbocycles. The fraction of sp³-hybridized carbons (Fsp3) is 0.674. The maximum atomic E-state index is 12.6. The standard InChI is InChI=1S/C43H72O4/c1-3-5-7-9-11-13-15-17-18-19-21-23-25-27-32-36-40-43(46)47-41(38-34-30-28-31-35-39-42(44)45)37-33-29-26-24-22-20-16-14-12-10-8-6-4-2/h6,8,12-15,18-20,22,26,29,41H,3-5,7,9-11,16-17,21,23-25,27-28,30-40H2,1-2H3,(H,44,45)/b8-6-,14-12-,15-13-,19-18-,22-20-,29-26-. The van der Waals surface area contributed by atoms with Crippen LogP contribution in [0.5, 0.6) is 0 Å². The lowest BCUT2D eigenvalue weighted by atomic mass is 10.0. The maximum Gasteiger partial charge on any atom is 0.306 e. The van der Waals surface area contributed by atoms with Gasteiger partial charge in [0.25, 0.3) is 0 Å². The SMILES string of the molecule is CC/C=C\C/C=C\C/C=C\C/C=C\CCC(CCCCCCCC(=O)O)OC(=O)CCCCCCC/C=C\C/C=C\CCCCCC. The fourth-order valence-electron chi connectivity index (χ4n) is 5.32. The van der Waals surface area contributed by atoms with Crippen LogP contribution in [0.4, 0.5) is 0 Å². The second-order valence-corrected chi connectivity index (χ2v) is 12.7. The number of carboxylic acids is 1. The number of esters is 1. The van der Waals surface area contributed by atoms with Crippen molar-refractivity contribution in [3.63, 3.8) is 0 Å². The van der Waals surface area contributed by atoms with Crippen molar-refractivity contribution in [3.05, 3.63) is 72.9 Å². The van der Waals surface area contributed by atoms with Crippen LogP contribution in [0.3, 0.4) is 0 Å². The van der Waals surface area contributed by atoms with Crippen LogP contribution in [0.15, 0.2) is 72.9 Å². The lowest BCUT2D eigenvalue weighted by Gasteiger charge is -2.17. The molecule has 1 N–H and O–H groups in total. The molecule has 0 heterocycles. The molecule has 0 bridgehead atoms. The summed E-state index contributed by atoms with van der Waals surface area (Å²) in [5, 5.41) is 8.81. The summed E-state index contributed by atoms with van der Waals surface area (Å²) in [6, 6.07) is 0. The third-order valence-corrected chi connectivity index (χ3v) is 8.17. The van der Waals surface area contributed by atoms with Gasteiger partial charge in [0, 0.05) is 12.8 Å². The topological polar surface area (TPSA) is 63.6 Å². The summed E-state index contributed by atoms with van der Waals surface area (Å²) in [5.74, 6) is -0.768. The van der Waals surface area contributed by atoms with Crippen molar-refractivity contribution in [1.29, 1.82) is 0 Å². The van der Waals surface area contributed by atoms with E-state index in [0.717, 1.165) is 103 Å². The average molecular weight is 653 g/mol. The predicted octanol–water partition coefficient (Wildman–Crippen LogP) is 13.5. The number of unbranched alkanes of at least 4 members (excludes halogenated alkanes) is 13. The number of carbonyl (C=O) groups is 2. The number of hydrogen-bond acceptors (Lipinski definition) is 3. The van der Waals surface area contributed by atoms with E-state index in [1.807, 2.05) is 0 Å². The zero-order valence-corrected chi connectivity index (χ0v) is 30.6. The van der Waals surface area contributed by atoms with E-state index in [1.54, 1.807) is 0 Å². The number of carboxylic acid groups (broad SMARTS) is 1. The summed E-state index contributed by atoms with van der Waals surface area (Å²) < 4.78 is 5.95. The van der Waals surface area contributed by atoms with Gasteiger partial charge in [0.15, 0.2) is 0 Å². The number of rotatable bonds is 34. The molecule has 1 unspecified atom stereocenters. The van der Waals surface area contributed by atoms with Gasteiger partial charge in [0.05, 0.1) is 0 Å². The summed E-state index contributed by atoms with van der Waals surface area (Å²) in [6.07, 6.45) is 53.4. The molecule has 268 valence electrons. The van der Waals surface area contributed by atoms with Crippen LogP contribution in [0.2, 0.25) is 0 Å². The molecule has 0 spiro atoms. The van der Waals surface area contributed by atoms with Crippen molar-refractivity contribution < 1.29 is 19.4 Å². The first-order chi connectivity index (χ1) is 23.1. The molecule has 1 atom stereocenters. The molecule has 4 nitrogen and oxygen atoms in total. The van der Waals surface area contributed by atoms with Crippen molar-refractivity contribution >= 4 is 11.9 Å². The predicted molar refractivity (Wildman–Crippen MR) is 204 cm³/mol. The minimum Gasteiger partial charge on any atom is -0.481 e. The Bertz CT molecular complexity index is 876. The van der Waals surface area contributed by atoms with Crippen LogP contribution < -0.4 is 0 Å². The molecule has 0 amide bonds. The average Bonchev–Trinajstić information content (AvgIpc) is 3.05. The third-order valence-electron chi connectivity index (χ3n) is 8.17. The molecule has 0 aliphatic rings. The Morgan fingerprint density at radius 1 is 0.489 bits per heavy atom. The van der Waals surface area contributed by atoms with Crippen molar-refractivity contribution in [2.24, 2.45) is 0 Å². The molecular formula is C43H72O4. The minimum absolute atomic E-state index is 0.0312. The van der Waals surface area contributed by atoms with E-state index in [9.17, 15) is 9.59 Å². The summed E-state index contributed by atoms with van der Waals surface area (Å²) in [7, 11) is 0. The third kappa shape index (κ3) is 37.7. The van der Waals surface area contributed by atoms with E-state index in [1.165, 1.54) is 51.4 Å². The van der Waals surface area contributed by atoms with Gasteiger partial charge in [-0.1, -0.05) is 145 Å². The Balaban J connectivity index is 4.21. The van der Waals surface area contributed by atoms with Crippen LogP contribution >= 0.6 is 0 Å². The first-order valence-corrected chi connectivity index (χ1v) is 19.4. The van der Waals surface area contributed by atoms with E-state index >= 15 is 0 Å². The summed E-state index contributed by atoms with van der Waals surface area (Å²) in [4.78, 5) is 23.4. The van der Waals surface area contributed by atoms with Crippen molar-refractivity contribution in [3.8, 4) is 0 Å².